The predicted octanol–water partition coefficient (Wildman–Crippen LogP) is 2.00. The highest BCUT2D eigenvalue weighted by Gasteiger charge is 2.09. The number of fused-ring (bicyclic) bond motifs is 1. The SMILES string of the molecule is Cc1cc(NC(C)c2ccncc2)n2ncnc2n1. The Morgan fingerprint density at radius 1 is 1.26 bits per heavy atom. The van der Waals surface area contributed by atoms with E-state index in [4.69, 9.17) is 0 Å². The Hall–Kier alpha value is -2.50. The Bertz CT molecular complexity index is 691. The van der Waals surface area contributed by atoms with Crippen molar-refractivity contribution in [3.05, 3.63) is 48.2 Å². The van der Waals surface area contributed by atoms with Crippen molar-refractivity contribution in [2.45, 2.75) is 19.9 Å². The third kappa shape index (κ3) is 2.24. The summed E-state index contributed by atoms with van der Waals surface area (Å²) < 4.78 is 1.70. The Balaban J connectivity index is 1.95. The van der Waals surface area contributed by atoms with E-state index < -0.39 is 0 Å². The Kier molecular flexibility index (Phi) is 2.83. The van der Waals surface area contributed by atoms with Crippen LogP contribution in [-0.2, 0) is 0 Å². The maximum absolute atomic E-state index is 4.32. The van der Waals surface area contributed by atoms with E-state index in [0.29, 0.717) is 5.78 Å². The molecule has 0 saturated heterocycles. The zero-order valence-electron chi connectivity index (χ0n) is 10.8. The summed E-state index contributed by atoms with van der Waals surface area (Å²) in [5.41, 5.74) is 2.07. The van der Waals surface area contributed by atoms with Gasteiger partial charge in [-0.05, 0) is 31.5 Å². The van der Waals surface area contributed by atoms with E-state index in [-0.39, 0.29) is 6.04 Å². The van der Waals surface area contributed by atoms with Crippen LogP contribution < -0.4 is 5.32 Å². The van der Waals surface area contributed by atoms with Crippen LogP contribution >= 0.6 is 0 Å². The summed E-state index contributed by atoms with van der Waals surface area (Å²) in [6.45, 7) is 4.03. The molecule has 96 valence electrons. The van der Waals surface area contributed by atoms with Gasteiger partial charge in [0.15, 0.2) is 0 Å². The summed E-state index contributed by atoms with van der Waals surface area (Å²) in [5, 5.41) is 7.60. The van der Waals surface area contributed by atoms with E-state index in [1.807, 2.05) is 25.1 Å². The number of hydrogen-bond acceptors (Lipinski definition) is 5. The number of aryl methyl sites for hydroxylation is 1. The molecule has 0 spiro atoms. The molecule has 0 radical (unpaired) electrons. The van der Waals surface area contributed by atoms with Gasteiger partial charge in [-0.2, -0.15) is 14.6 Å². The Morgan fingerprint density at radius 3 is 2.84 bits per heavy atom. The number of aromatic nitrogens is 5. The van der Waals surface area contributed by atoms with E-state index in [9.17, 15) is 0 Å². The van der Waals surface area contributed by atoms with Crippen molar-refractivity contribution in [2.24, 2.45) is 0 Å². The van der Waals surface area contributed by atoms with Crippen LogP contribution in [0, 0.1) is 6.92 Å². The quantitative estimate of drug-likeness (QED) is 0.774. The van der Waals surface area contributed by atoms with E-state index in [1.54, 1.807) is 16.9 Å². The van der Waals surface area contributed by atoms with E-state index in [0.717, 1.165) is 17.1 Å². The lowest BCUT2D eigenvalue weighted by Gasteiger charge is -2.16. The monoisotopic (exact) mass is 254 g/mol. The molecule has 3 aromatic heterocycles. The van der Waals surface area contributed by atoms with Crippen molar-refractivity contribution in [3.63, 3.8) is 0 Å². The first-order valence-corrected chi connectivity index (χ1v) is 6.08. The zero-order chi connectivity index (χ0) is 13.2. The molecule has 6 nitrogen and oxygen atoms in total. The van der Waals surface area contributed by atoms with Gasteiger partial charge in [0.1, 0.15) is 12.1 Å². The van der Waals surface area contributed by atoms with Gasteiger partial charge in [-0.15, -0.1) is 0 Å². The second kappa shape index (κ2) is 4.64. The summed E-state index contributed by atoms with van der Waals surface area (Å²) in [4.78, 5) is 12.5. The first-order chi connectivity index (χ1) is 9.24. The maximum Gasteiger partial charge on any atom is 0.254 e. The average Bonchev–Trinajstić information content (AvgIpc) is 2.88. The molecule has 19 heavy (non-hydrogen) atoms. The van der Waals surface area contributed by atoms with E-state index in [2.05, 4.69) is 32.3 Å². The molecule has 0 bridgehead atoms. The molecule has 0 aliphatic rings. The lowest BCUT2D eigenvalue weighted by molar-refractivity contribution is 0.835. The summed E-state index contributed by atoms with van der Waals surface area (Å²) >= 11 is 0. The normalized spacial score (nSPS) is 12.5. The molecule has 3 aromatic rings. The number of hydrogen-bond donors (Lipinski definition) is 1. The molecule has 6 heteroatoms. The van der Waals surface area contributed by atoms with Crippen molar-refractivity contribution in [1.29, 1.82) is 0 Å². The number of nitrogens with zero attached hydrogens (tertiary/aromatic N) is 5. The standard InChI is InChI=1S/C13H14N6/c1-9-7-12(19-13(17-9)15-8-16-19)18-10(2)11-3-5-14-6-4-11/h3-8,10,18H,1-2H3. The summed E-state index contributed by atoms with van der Waals surface area (Å²) in [6.07, 6.45) is 5.08. The number of nitrogens with one attached hydrogen (secondary N) is 1. The van der Waals surface area contributed by atoms with Crippen LogP contribution in [0.4, 0.5) is 5.82 Å². The number of rotatable bonds is 3. The van der Waals surface area contributed by atoms with Gasteiger partial charge in [0.25, 0.3) is 5.78 Å². The second-order valence-corrected chi connectivity index (χ2v) is 4.40. The fourth-order valence-electron chi connectivity index (χ4n) is 1.99. The highest BCUT2D eigenvalue weighted by Crippen LogP contribution is 2.19. The van der Waals surface area contributed by atoms with Crippen LogP contribution in [0.15, 0.2) is 36.9 Å². The first-order valence-electron chi connectivity index (χ1n) is 6.08. The van der Waals surface area contributed by atoms with Crippen LogP contribution in [0.1, 0.15) is 24.2 Å². The first kappa shape index (κ1) is 11.6. The lowest BCUT2D eigenvalue weighted by atomic mass is 10.1. The van der Waals surface area contributed by atoms with Gasteiger partial charge in [0.2, 0.25) is 0 Å². The molecule has 1 atom stereocenters. The van der Waals surface area contributed by atoms with Gasteiger partial charge in [-0.1, -0.05) is 0 Å². The zero-order valence-corrected chi connectivity index (χ0v) is 10.8. The van der Waals surface area contributed by atoms with Crippen molar-refractivity contribution < 1.29 is 0 Å². The van der Waals surface area contributed by atoms with Gasteiger partial charge in [-0.3, -0.25) is 4.98 Å². The molecule has 3 heterocycles. The average molecular weight is 254 g/mol. The molecule has 0 aliphatic carbocycles. The summed E-state index contributed by atoms with van der Waals surface area (Å²) in [5.74, 6) is 1.48. The highest BCUT2D eigenvalue weighted by molar-refractivity contribution is 5.46. The third-order valence-electron chi connectivity index (χ3n) is 2.95. The second-order valence-electron chi connectivity index (χ2n) is 4.40. The molecule has 0 saturated carbocycles. The van der Waals surface area contributed by atoms with Crippen LogP contribution in [0.3, 0.4) is 0 Å². The van der Waals surface area contributed by atoms with E-state index >= 15 is 0 Å². The minimum absolute atomic E-state index is 0.150. The van der Waals surface area contributed by atoms with Crippen molar-refractivity contribution in [1.82, 2.24) is 24.6 Å². The topological polar surface area (TPSA) is 68.0 Å². The van der Waals surface area contributed by atoms with Crippen LogP contribution in [-0.4, -0.2) is 24.6 Å². The minimum Gasteiger partial charge on any atom is -0.363 e. The van der Waals surface area contributed by atoms with Crippen LogP contribution in [0.2, 0.25) is 0 Å². The van der Waals surface area contributed by atoms with Gasteiger partial charge in [-0.25, -0.2) is 4.98 Å². The van der Waals surface area contributed by atoms with Gasteiger partial charge in [0.05, 0.1) is 6.04 Å². The molecular formula is C13H14N6. The Labute approximate surface area is 110 Å². The number of pyridine rings is 1. The molecule has 3 rings (SSSR count). The summed E-state index contributed by atoms with van der Waals surface area (Å²) in [7, 11) is 0. The number of anilines is 1. The van der Waals surface area contributed by atoms with Gasteiger partial charge in [0, 0.05) is 24.2 Å². The predicted molar refractivity (Wildman–Crippen MR) is 71.8 cm³/mol. The fourth-order valence-corrected chi connectivity index (χ4v) is 1.99. The Morgan fingerprint density at radius 2 is 2.05 bits per heavy atom. The van der Waals surface area contributed by atoms with Gasteiger partial charge >= 0.3 is 0 Å². The van der Waals surface area contributed by atoms with Crippen molar-refractivity contribution in [3.8, 4) is 0 Å². The third-order valence-corrected chi connectivity index (χ3v) is 2.95. The lowest BCUT2D eigenvalue weighted by Crippen LogP contribution is -2.11. The summed E-state index contributed by atoms with van der Waals surface area (Å²) in [6, 6.07) is 6.09. The van der Waals surface area contributed by atoms with Crippen LogP contribution in [0.25, 0.3) is 5.78 Å². The highest BCUT2D eigenvalue weighted by atomic mass is 15.4. The molecular weight excluding hydrogens is 240 g/mol. The molecule has 1 unspecified atom stereocenters. The van der Waals surface area contributed by atoms with Crippen LogP contribution in [0.5, 0.6) is 0 Å². The molecule has 1 N–H and O–H groups in total. The van der Waals surface area contributed by atoms with Crippen molar-refractivity contribution >= 4 is 11.6 Å². The fraction of sp³-hybridized carbons (Fsp3) is 0.231. The molecule has 0 fully saturated rings. The van der Waals surface area contributed by atoms with Crippen molar-refractivity contribution in [2.75, 3.05) is 5.32 Å². The largest absolute Gasteiger partial charge is 0.363 e. The molecule has 0 amide bonds. The maximum atomic E-state index is 4.32. The molecule has 0 aromatic carbocycles. The van der Waals surface area contributed by atoms with Gasteiger partial charge < -0.3 is 5.32 Å². The minimum atomic E-state index is 0.150. The smallest absolute Gasteiger partial charge is 0.254 e. The molecule has 0 aliphatic heterocycles. The van der Waals surface area contributed by atoms with E-state index in [1.165, 1.54) is 6.33 Å².